The lowest BCUT2D eigenvalue weighted by atomic mass is 9.92. The molecule has 2 heterocycles. The molecule has 30 heavy (non-hydrogen) atoms. The third-order valence-electron chi connectivity index (χ3n) is 4.60. The van der Waals surface area contributed by atoms with E-state index in [4.69, 9.17) is 0 Å². The molecule has 0 radical (unpaired) electrons. The second-order valence-corrected chi connectivity index (χ2v) is 7.65. The summed E-state index contributed by atoms with van der Waals surface area (Å²) in [6.07, 6.45) is -0.228. The Morgan fingerprint density at radius 1 is 1.13 bits per heavy atom. The minimum Gasteiger partial charge on any atom is -0.323 e. The zero-order chi connectivity index (χ0) is 21.1. The van der Waals surface area contributed by atoms with Crippen LogP contribution in [0.25, 0.3) is 0 Å². The highest BCUT2D eigenvalue weighted by molar-refractivity contribution is 7.98. The number of thioether (sulfide) groups is 1. The van der Waals surface area contributed by atoms with Crippen LogP contribution in [0.3, 0.4) is 0 Å². The van der Waals surface area contributed by atoms with Gasteiger partial charge in [0.05, 0.1) is 17.2 Å². The molecular formula is C21H17FN4O3S. The summed E-state index contributed by atoms with van der Waals surface area (Å²) in [5.41, 5.74) is 0.584. The molecule has 0 saturated heterocycles. The molecule has 3 aromatic rings. The number of hydrogen-bond donors (Lipinski definition) is 3. The molecular weight excluding hydrogens is 407 g/mol. The lowest BCUT2D eigenvalue weighted by Gasteiger charge is -2.23. The molecule has 0 fully saturated rings. The molecule has 2 aromatic carbocycles. The number of amides is 2. The number of nitrogens with zero attached hydrogens (tertiary/aromatic N) is 1. The van der Waals surface area contributed by atoms with Gasteiger partial charge >= 0.3 is 0 Å². The van der Waals surface area contributed by atoms with E-state index >= 15 is 0 Å². The van der Waals surface area contributed by atoms with Gasteiger partial charge in [-0.3, -0.25) is 14.4 Å². The van der Waals surface area contributed by atoms with Gasteiger partial charge in [0.25, 0.3) is 5.56 Å². The van der Waals surface area contributed by atoms with Crippen LogP contribution >= 0.6 is 11.8 Å². The van der Waals surface area contributed by atoms with Crippen LogP contribution in [-0.4, -0.2) is 21.8 Å². The van der Waals surface area contributed by atoms with Crippen molar-refractivity contribution in [2.45, 2.75) is 23.2 Å². The van der Waals surface area contributed by atoms with E-state index in [2.05, 4.69) is 20.6 Å². The van der Waals surface area contributed by atoms with E-state index in [1.807, 2.05) is 30.3 Å². The maximum atomic E-state index is 13.9. The summed E-state index contributed by atoms with van der Waals surface area (Å²) in [6.45, 7) is 0. The van der Waals surface area contributed by atoms with Crippen molar-refractivity contribution in [3.8, 4) is 0 Å². The Morgan fingerprint density at radius 3 is 2.63 bits per heavy atom. The Morgan fingerprint density at radius 2 is 1.87 bits per heavy atom. The number of carbonyl (C=O) groups is 2. The second kappa shape index (κ2) is 8.50. The average Bonchev–Trinajstić information content (AvgIpc) is 2.73. The first kappa shape index (κ1) is 19.8. The zero-order valence-corrected chi connectivity index (χ0v) is 16.5. The molecule has 0 spiro atoms. The van der Waals surface area contributed by atoms with Gasteiger partial charge in [-0.15, -0.1) is 0 Å². The van der Waals surface area contributed by atoms with Crippen molar-refractivity contribution in [3.05, 3.63) is 81.9 Å². The fourth-order valence-corrected chi connectivity index (χ4v) is 3.97. The van der Waals surface area contributed by atoms with Crippen molar-refractivity contribution in [2.75, 3.05) is 10.6 Å². The Kier molecular flexibility index (Phi) is 5.62. The van der Waals surface area contributed by atoms with Gasteiger partial charge in [0.15, 0.2) is 5.16 Å². The van der Waals surface area contributed by atoms with Crippen LogP contribution in [0.2, 0.25) is 0 Å². The molecule has 9 heteroatoms. The summed E-state index contributed by atoms with van der Waals surface area (Å²) >= 11 is 1.31. The van der Waals surface area contributed by atoms with Crippen molar-refractivity contribution in [2.24, 2.45) is 0 Å². The Hall–Kier alpha value is -3.46. The predicted molar refractivity (Wildman–Crippen MR) is 112 cm³/mol. The number of rotatable bonds is 5. The van der Waals surface area contributed by atoms with Gasteiger partial charge in [-0.2, -0.15) is 0 Å². The van der Waals surface area contributed by atoms with Crippen LogP contribution in [0.1, 0.15) is 23.5 Å². The molecule has 0 bridgehead atoms. The van der Waals surface area contributed by atoms with Crippen molar-refractivity contribution in [3.63, 3.8) is 0 Å². The number of aromatic nitrogens is 2. The molecule has 3 N–H and O–H groups in total. The van der Waals surface area contributed by atoms with E-state index in [1.54, 1.807) is 6.07 Å². The number of fused-ring (bicyclic) bond motifs is 1. The summed E-state index contributed by atoms with van der Waals surface area (Å²) in [6, 6.07) is 15.3. The summed E-state index contributed by atoms with van der Waals surface area (Å²) in [5, 5.41) is 5.34. The second-order valence-electron chi connectivity index (χ2n) is 6.68. The topological polar surface area (TPSA) is 104 Å². The van der Waals surface area contributed by atoms with Gasteiger partial charge < -0.3 is 15.6 Å². The summed E-state index contributed by atoms with van der Waals surface area (Å²) in [7, 11) is 0. The number of H-pyrrole nitrogens is 1. The molecule has 1 aliphatic rings. The number of benzene rings is 2. The van der Waals surface area contributed by atoms with E-state index in [0.717, 1.165) is 5.56 Å². The van der Waals surface area contributed by atoms with Crippen LogP contribution in [0.4, 0.5) is 15.9 Å². The highest BCUT2D eigenvalue weighted by atomic mass is 32.2. The van der Waals surface area contributed by atoms with Gasteiger partial charge in [0, 0.05) is 12.2 Å². The molecule has 152 valence electrons. The van der Waals surface area contributed by atoms with Crippen molar-refractivity contribution < 1.29 is 14.0 Å². The quantitative estimate of drug-likeness (QED) is 0.431. The molecule has 7 nitrogen and oxygen atoms in total. The molecule has 1 aromatic heterocycles. The molecule has 1 aliphatic heterocycles. The monoisotopic (exact) mass is 424 g/mol. The first-order valence-corrected chi connectivity index (χ1v) is 10.2. The van der Waals surface area contributed by atoms with Gasteiger partial charge in [0.1, 0.15) is 11.6 Å². The standard InChI is InChI=1S/C21H17FN4O3S/c22-14-8-4-5-9-15(14)23-19(28)13-10-16(27)24-18-17(13)20(29)26-21(25-18)30-11-12-6-2-1-3-7-12/h1-9,13H,10-11H2,(H,23,28)(H2,24,25,26,27,29)/t13-/m0/s1. The number of carbonyl (C=O) groups excluding carboxylic acids is 2. The summed E-state index contributed by atoms with van der Waals surface area (Å²) < 4.78 is 13.9. The number of para-hydroxylation sites is 1. The number of anilines is 2. The number of halogens is 1. The highest BCUT2D eigenvalue weighted by Gasteiger charge is 2.35. The highest BCUT2D eigenvalue weighted by Crippen LogP contribution is 2.31. The van der Waals surface area contributed by atoms with Gasteiger partial charge in [-0.1, -0.05) is 54.2 Å². The van der Waals surface area contributed by atoms with Crippen molar-refractivity contribution >= 4 is 35.1 Å². The van der Waals surface area contributed by atoms with Gasteiger partial charge in [0.2, 0.25) is 11.8 Å². The third-order valence-corrected chi connectivity index (χ3v) is 5.54. The average molecular weight is 424 g/mol. The van der Waals surface area contributed by atoms with Crippen LogP contribution in [0, 0.1) is 5.82 Å². The Labute approximate surface area is 175 Å². The van der Waals surface area contributed by atoms with Crippen LogP contribution in [-0.2, 0) is 15.3 Å². The minimum atomic E-state index is -1.07. The van der Waals surface area contributed by atoms with Crippen molar-refractivity contribution in [1.82, 2.24) is 9.97 Å². The first-order chi connectivity index (χ1) is 14.5. The van der Waals surface area contributed by atoms with Gasteiger partial charge in [-0.25, -0.2) is 9.37 Å². The zero-order valence-electron chi connectivity index (χ0n) is 15.6. The lowest BCUT2D eigenvalue weighted by molar-refractivity contribution is -0.123. The van der Waals surface area contributed by atoms with E-state index in [1.165, 1.54) is 30.0 Å². The molecule has 2 amide bonds. The fraction of sp³-hybridized carbons (Fsp3) is 0.143. The van der Waals surface area contributed by atoms with E-state index in [0.29, 0.717) is 10.9 Å². The van der Waals surface area contributed by atoms with Crippen LogP contribution < -0.4 is 16.2 Å². The predicted octanol–water partition coefficient (Wildman–Crippen LogP) is 3.27. The molecule has 1 atom stereocenters. The smallest absolute Gasteiger partial charge is 0.257 e. The minimum absolute atomic E-state index is 0.0190. The van der Waals surface area contributed by atoms with E-state index in [-0.39, 0.29) is 23.5 Å². The Balaban J connectivity index is 1.59. The lowest BCUT2D eigenvalue weighted by Crippen LogP contribution is -2.36. The Bertz CT molecular complexity index is 1170. The molecule has 0 saturated carbocycles. The summed E-state index contributed by atoms with van der Waals surface area (Å²) in [5.74, 6) is -2.13. The maximum absolute atomic E-state index is 13.9. The van der Waals surface area contributed by atoms with Crippen LogP contribution in [0.5, 0.6) is 0 Å². The van der Waals surface area contributed by atoms with Crippen LogP contribution in [0.15, 0.2) is 64.5 Å². The fourth-order valence-electron chi connectivity index (χ4n) is 3.15. The van der Waals surface area contributed by atoms with Crippen molar-refractivity contribution in [1.29, 1.82) is 0 Å². The molecule has 0 aliphatic carbocycles. The SMILES string of the molecule is O=C1C[C@H](C(=O)Nc2ccccc2F)c2c(nc(SCc3ccccc3)[nH]c2=O)N1. The number of hydrogen-bond acceptors (Lipinski definition) is 5. The van der Waals surface area contributed by atoms with E-state index < -0.39 is 29.1 Å². The normalized spacial score (nSPS) is 15.2. The summed E-state index contributed by atoms with van der Waals surface area (Å²) in [4.78, 5) is 44.6. The van der Waals surface area contributed by atoms with E-state index in [9.17, 15) is 18.8 Å². The number of nitrogens with one attached hydrogen (secondary N) is 3. The third kappa shape index (κ3) is 4.25. The number of aromatic amines is 1. The molecule has 4 rings (SSSR count). The molecule has 0 unspecified atom stereocenters. The largest absolute Gasteiger partial charge is 0.323 e. The first-order valence-electron chi connectivity index (χ1n) is 9.17. The van der Waals surface area contributed by atoms with Gasteiger partial charge in [-0.05, 0) is 17.7 Å². The maximum Gasteiger partial charge on any atom is 0.257 e.